The van der Waals surface area contributed by atoms with E-state index in [1.54, 1.807) is 6.92 Å². The molecule has 0 aliphatic heterocycles. The van der Waals surface area contributed by atoms with E-state index in [0.717, 1.165) is 18.8 Å². The molecule has 0 aromatic rings. The molecular formula is C11H21BrO2. The number of hydrogen-bond acceptors (Lipinski definition) is 2. The van der Waals surface area contributed by atoms with E-state index in [4.69, 9.17) is 4.74 Å². The minimum atomic E-state index is -0.182. The highest BCUT2D eigenvalue weighted by Gasteiger charge is 2.08. The highest BCUT2D eigenvalue weighted by molar-refractivity contribution is 9.10. The number of hydrogen-bond donors (Lipinski definition) is 0. The summed E-state index contributed by atoms with van der Waals surface area (Å²) in [6, 6.07) is 0. The summed E-state index contributed by atoms with van der Waals surface area (Å²) >= 11 is 3.17. The molecule has 0 aromatic carbocycles. The molecule has 0 N–H and O–H groups in total. The summed E-state index contributed by atoms with van der Waals surface area (Å²) < 4.78 is 5.02. The van der Waals surface area contributed by atoms with E-state index < -0.39 is 0 Å². The van der Waals surface area contributed by atoms with Crippen LogP contribution in [0.1, 0.15) is 46.5 Å². The first-order valence-corrected chi connectivity index (χ1v) is 6.26. The third-order valence-corrected chi connectivity index (χ3v) is 2.37. The summed E-state index contributed by atoms with van der Waals surface area (Å²) in [4.78, 5) is 10.8. The van der Waals surface area contributed by atoms with Crippen molar-refractivity contribution in [3.8, 4) is 0 Å². The molecule has 1 atom stereocenters. The van der Waals surface area contributed by atoms with Gasteiger partial charge >= 0.3 is 5.97 Å². The van der Waals surface area contributed by atoms with E-state index >= 15 is 0 Å². The molecule has 0 heterocycles. The molecule has 14 heavy (non-hydrogen) atoms. The van der Waals surface area contributed by atoms with Crippen molar-refractivity contribution in [1.82, 2.24) is 0 Å². The van der Waals surface area contributed by atoms with E-state index in [0.29, 0.717) is 6.61 Å². The molecule has 3 heteroatoms. The number of rotatable bonds is 7. The SMILES string of the molecule is CC(C)CCCCCOC(=O)C(C)Br. The van der Waals surface area contributed by atoms with Crippen LogP contribution in [0.15, 0.2) is 0 Å². The average Bonchev–Trinajstić information content (AvgIpc) is 2.09. The average molecular weight is 265 g/mol. The normalized spacial score (nSPS) is 12.9. The van der Waals surface area contributed by atoms with Crippen LogP contribution in [0.25, 0.3) is 0 Å². The van der Waals surface area contributed by atoms with E-state index in [9.17, 15) is 4.79 Å². The summed E-state index contributed by atoms with van der Waals surface area (Å²) in [5.41, 5.74) is 0. The van der Waals surface area contributed by atoms with Gasteiger partial charge in [0.15, 0.2) is 0 Å². The number of ether oxygens (including phenoxy) is 1. The van der Waals surface area contributed by atoms with Crippen LogP contribution in [0.4, 0.5) is 0 Å². The van der Waals surface area contributed by atoms with Gasteiger partial charge in [-0.15, -0.1) is 0 Å². The maximum absolute atomic E-state index is 11.0. The van der Waals surface area contributed by atoms with Gasteiger partial charge in [0, 0.05) is 0 Å². The van der Waals surface area contributed by atoms with Crippen molar-refractivity contribution < 1.29 is 9.53 Å². The van der Waals surface area contributed by atoms with Gasteiger partial charge in [-0.25, -0.2) is 0 Å². The molecule has 0 radical (unpaired) electrons. The molecule has 0 aromatic heterocycles. The summed E-state index contributed by atoms with van der Waals surface area (Å²) in [5, 5.41) is 0. The third-order valence-electron chi connectivity index (χ3n) is 1.99. The Balaban J connectivity index is 3.18. The lowest BCUT2D eigenvalue weighted by Crippen LogP contribution is -2.14. The maximum Gasteiger partial charge on any atom is 0.319 e. The number of alkyl halides is 1. The number of carbonyl (C=O) groups excluding carboxylic acids is 1. The lowest BCUT2D eigenvalue weighted by molar-refractivity contribution is -0.142. The van der Waals surface area contributed by atoms with Crippen LogP contribution in [0, 0.1) is 5.92 Å². The minimum absolute atomic E-state index is 0.158. The maximum atomic E-state index is 11.0. The van der Waals surface area contributed by atoms with Crippen molar-refractivity contribution in [3.63, 3.8) is 0 Å². The minimum Gasteiger partial charge on any atom is -0.465 e. The van der Waals surface area contributed by atoms with Crippen molar-refractivity contribution in [2.45, 2.75) is 51.3 Å². The largest absolute Gasteiger partial charge is 0.465 e. The Morgan fingerprint density at radius 1 is 1.21 bits per heavy atom. The summed E-state index contributed by atoms with van der Waals surface area (Å²) in [5.74, 6) is 0.619. The van der Waals surface area contributed by atoms with Crippen LogP contribution in [-0.4, -0.2) is 17.4 Å². The van der Waals surface area contributed by atoms with Gasteiger partial charge in [0.1, 0.15) is 4.83 Å². The highest BCUT2D eigenvalue weighted by atomic mass is 79.9. The lowest BCUT2D eigenvalue weighted by atomic mass is 10.1. The zero-order valence-corrected chi connectivity index (χ0v) is 11.0. The summed E-state index contributed by atoms with van der Waals surface area (Å²) in [7, 11) is 0. The molecule has 0 spiro atoms. The van der Waals surface area contributed by atoms with E-state index in [1.165, 1.54) is 12.8 Å². The molecule has 0 rings (SSSR count). The molecule has 0 saturated carbocycles. The second kappa shape index (κ2) is 8.27. The standard InChI is InChI=1S/C11H21BrO2/c1-9(2)7-5-4-6-8-14-11(13)10(3)12/h9-10H,4-8H2,1-3H3. The van der Waals surface area contributed by atoms with Crippen molar-refractivity contribution >= 4 is 21.9 Å². The van der Waals surface area contributed by atoms with Crippen molar-refractivity contribution in [2.24, 2.45) is 5.92 Å². The predicted octanol–water partition coefficient (Wildman–Crippen LogP) is 3.53. The highest BCUT2D eigenvalue weighted by Crippen LogP contribution is 2.08. The fourth-order valence-electron chi connectivity index (χ4n) is 1.12. The Bertz CT molecular complexity index is 155. The zero-order valence-electron chi connectivity index (χ0n) is 9.38. The Morgan fingerprint density at radius 3 is 2.36 bits per heavy atom. The molecular weight excluding hydrogens is 244 g/mol. The van der Waals surface area contributed by atoms with Crippen LogP contribution in [0.5, 0.6) is 0 Å². The van der Waals surface area contributed by atoms with Gasteiger partial charge in [-0.05, 0) is 19.3 Å². The molecule has 2 nitrogen and oxygen atoms in total. The van der Waals surface area contributed by atoms with Crippen molar-refractivity contribution in [3.05, 3.63) is 0 Å². The van der Waals surface area contributed by atoms with Gasteiger partial charge in [0.25, 0.3) is 0 Å². The molecule has 0 aliphatic rings. The van der Waals surface area contributed by atoms with Gasteiger partial charge in [-0.2, -0.15) is 0 Å². The number of esters is 1. The van der Waals surface area contributed by atoms with Crippen LogP contribution in [0.2, 0.25) is 0 Å². The quantitative estimate of drug-likeness (QED) is 0.400. The molecule has 84 valence electrons. The van der Waals surface area contributed by atoms with E-state index in [1.807, 2.05) is 0 Å². The first kappa shape index (κ1) is 13.9. The first-order valence-electron chi connectivity index (χ1n) is 5.34. The van der Waals surface area contributed by atoms with E-state index in [2.05, 4.69) is 29.8 Å². The van der Waals surface area contributed by atoms with Gasteiger partial charge in [-0.3, -0.25) is 4.79 Å². The Morgan fingerprint density at radius 2 is 1.86 bits per heavy atom. The second-order valence-electron chi connectivity index (χ2n) is 4.03. The van der Waals surface area contributed by atoms with Crippen molar-refractivity contribution in [2.75, 3.05) is 6.61 Å². The van der Waals surface area contributed by atoms with E-state index in [-0.39, 0.29) is 10.8 Å². The van der Waals surface area contributed by atoms with Gasteiger partial charge in [0.05, 0.1) is 6.61 Å². The zero-order chi connectivity index (χ0) is 11.0. The van der Waals surface area contributed by atoms with Gasteiger partial charge in [0.2, 0.25) is 0 Å². The predicted molar refractivity (Wildman–Crippen MR) is 62.7 cm³/mol. The fourth-order valence-corrected chi connectivity index (χ4v) is 1.25. The van der Waals surface area contributed by atoms with Crippen LogP contribution in [0.3, 0.4) is 0 Å². The number of halogens is 1. The number of carbonyl (C=O) groups is 1. The molecule has 0 saturated heterocycles. The Kier molecular flexibility index (Phi) is 8.24. The molecule has 0 aliphatic carbocycles. The topological polar surface area (TPSA) is 26.3 Å². The van der Waals surface area contributed by atoms with Gasteiger partial charge < -0.3 is 4.74 Å². The first-order chi connectivity index (χ1) is 6.54. The third kappa shape index (κ3) is 8.54. The van der Waals surface area contributed by atoms with Crippen molar-refractivity contribution in [1.29, 1.82) is 0 Å². The smallest absolute Gasteiger partial charge is 0.319 e. The second-order valence-corrected chi connectivity index (χ2v) is 5.40. The van der Waals surface area contributed by atoms with Crippen LogP contribution >= 0.6 is 15.9 Å². The van der Waals surface area contributed by atoms with Crippen LogP contribution in [-0.2, 0) is 9.53 Å². The molecule has 1 unspecified atom stereocenters. The fraction of sp³-hybridized carbons (Fsp3) is 0.909. The Hall–Kier alpha value is -0.0500. The lowest BCUT2D eigenvalue weighted by Gasteiger charge is -2.06. The molecule has 0 fully saturated rings. The summed E-state index contributed by atoms with van der Waals surface area (Å²) in [6.45, 7) is 6.80. The molecule has 0 amide bonds. The number of unbranched alkanes of at least 4 members (excludes halogenated alkanes) is 2. The summed E-state index contributed by atoms with van der Waals surface area (Å²) in [6.07, 6.45) is 4.64. The Labute approximate surface area is 95.5 Å². The monoisotopic (exact) mass is 264 g/mol. The van der Waals surface area contributed by atoms with Gasteiger partial charge in [-0.1, -0.05) is 49.0 Å². The molecule has 0 bridgehead atoms. The van der Waals surface area contributed by atoms with Crippen LogP contribution < -0.4 is 0 Å².